The maximum absolute atomic E-state index is 13.3. The number of nitrogens with zero attached hydrogens (tertiary/aromatic N) is 2. The quantitative estimate of drug-likeness (QED) is 0.230. The molecule has 1 fully saturated rings. The summed E-state index contributed by atoms with van der Waals surface area (Å²) in [5.74, 6) is 1.07. The number of thiophene rings is 1. The van der Waals surface area contributed by atoms with E-state index in [1.165, 1.54) is 30.2 Å². The Labute approximate surface area is 208 Å². The van der Waals surface area contributed by atoms with Crippen LogP contribution in [0.15, 0.2) is 39.7 Å². The zero-order valence-corrected chi connectivity index (χ0v) is 20.7. The summed E-state index contributed by atoms with van der Waals surface area (Å²) in [6, 6.07) is 8.88. The van der Waals surface area contributed by atoms with Gasteiger partial charge in [-0.2, -0.15) is 0 Å². The smallest absolute Gasteiger partial charge is 0.273 e. The summed E-state index contributed by atoms with van der Waals surface area (Å²) in [6.45, 7) is 1.71. The Morgan fingerprint density at radius 3 is 2.74 bits per heavy atom. The molecule has 7 nitrogen and oxygen atoms in total. The SMILES string of the molecule is Cc1ccc(-c2ccc(/C=N/c3sc4c(c3C(=O)NC3CCCCC3)CCCC4)o2)cc1[N+](=O)[O-]. The molecule has 0 aliphatic heterocycles. The van der Waals surface area contributed by atoms with E-state index in [2.05, 4.69) is 5.32 Å². The predicted molar refractivity (Wildman–Crippen MR) is 138 cm³/mol. The lowest BCUT2D eigenvalue weighted by Crippen LogP contribution is -2.36. The molecule has 0 bridgehead atoms. The molecule has 8 heteroatoms. The van der Waals surface area contributed by atoms with Gasteiger partial charge in [0.15, 0.2) is 0 Å². The van der Waals surface area contributed by atoms with E-state index in [0.717, 1.165) is 54.7 Å². The Hall–Kier alpha value is -3.26. The molecule has 35 heavy (non-hydrogen) atoms. The number of furan rings is 1. The van der Waals surface area contributed by atoms with E-state index >= 15 is 0 Å². The maximum Gasteiger partial charge on any atom is 0.273 e. The molecule has 0 spiro atoms. The number of hydrogen-bond donors (Lipinski definition) is 1. The summed E-state index contributed by atoms with van der Waals surface area (Å²) in [7, 11) is 0. The number of carbonyl (C=O) groups is 1. The van der Waals surface area contributed by atoms with Crippen LogP contribution in [0.1, 0.15) is 77.1 Å². The fraction of sp³-hybridized carbons (Fsp3) is 0.407. The fourth-order valence-corrected chi connectivity index (χ4v) is 6.27. The Morgan fingerprint density at radius 2 is 1.94 bits per heavy atom. The molecule has 2 heterocycles. The first-order valence-electron chi connectivity index (χ1n) is 12.3. The van der Waals surface area contributed by atoms with Crippen LogP contribution in [0, 0.1) is 17.0 Å². The van der Waals surface area contributed by atoms with Gasteiger partial charge in [0.25, 0.3) is 11.6 Å². The summed E-state index contributed by atoms with van der Waals surface area (Å²) in [6.07, 6.45) is 11.5. The van der Waals surface area contributed by atoms with Crippen molar-refractivity contribution in [2.45, 2.75) is 70.8 Å². The van der Waals surface area contributed by atoms with Gasteiger partial charge in [0.2, 0.25) is 0 Å². The predicted octanol–water partition coefficient (Wildman–Crippen LogP) is 6.92. The highest BCUT2D eigenvalue weighted by Crippen LogP contribution is 2.40. The number of hydrogen-bond acceptors (Lipinski definition) is 6. The number of nitrogens with one attached hydrogen (secondary N) is 1. The Morgan fingerprint density at radius 1 is 1.14 bits per heavy atom. The van der Waals surface area contributed by atoms with Crippen LogP contribution in [0.5, 0.6) is 0 Å². The highest BCUT2D eigenvalue weighted by molar-refractivity contribution is 7.16. The largest absolute Gasteiger partial charge is 0.455 e. The van der Waals surface area contributed by atoms with E-state index < -0.39 is 0 Å². The number of carbonyl (C=O) groups excluding carboxylic acids is 1. The average Bonchev–Trinajstić information content (AvgIpc) is 3.48. The summed E-state index contributed by atoms with van der Waals surface area (Å²) in [5.41, 5.74) is 3.20. The zero-order valence-electron chi connectivity index (χ0n) is 19.8. The van der Waals surface area contributed by atoms with Gasteiger partial charge in [0.05, 0.1) is 16.7 Å². The number of fused-ring (bicyclic) bond motifs is 1. The van der Waals surface area contributed by atoms with Crippen molar-refractivity contribution in [3.05, 3.63) is 67.8 Å². The molecule has 0 saturated heterocycles. The third-order valence-corrected chi connectivity index (χ3v) is 8.15. The molecule has 1 N–H and O–H groups in total. The fourth-order valence-electron chi connectivity index (χ4n) is 5.04. The normalized spacial score (nSPS) is 16.4. The molecule has 182 valence electrons. The van der Waals surface area contributed by atoms with Crippen LogP contribution in [-0.2, 0) is 12.8 Å². The van der Waals surface area contributed by atoms with Crippen LogP contribution in [0.3, 0.4) is 0 Å². The van der Waals surface area contributed by atoms with Crippen molar-refractivity contribution in [1.29, 1.82) is 0 Å². The minimum Gasteiger partial charge on any atom is -0.455 e. The second-order valence-electron chi connectivity index (χ2n) is 9.42. The van der Waals surface area contributed by atoms with Crippen molar-refractivity contribution in [3.8, 4) is 11.3 Å². The summed E-state index contributed by atoms with van der Waals surface area (Å²) >= 11 is 1.61. The van der Waals surface area contributed by atoms with Gasteiger partial charge in [0.1, 0.15) is 16.5 Å². The molecule has 5 rings (SSSR count). The van der Waals surface area contributed by atoms with Crippen LogP contribution in [0.2, 0.25) is 0 Å². The summed E-state index contributed by atoms with van der Waals surface area (Å²) in [5, 5.41) is 15.3. The number of aliphatic imine (C=N–C) groups is 1. The topological polar surface area (TPSA) is 97.7 Å². The Kier molecular flexibility index (Phi) is 6.81. The number of nitro benzene ring substituents is 1. The zero-order chi connectivity index (χ0) is 24.4. The molecule has 1 amide bonds. The third-order valence-electron chi connectivity index (χ3n) is 6.95. The number of amides is 1. The maximum atomic E-state index is 13.3. The van der Waals surface area contributed by atoms with Gasteiger partial charge in [-0.05, 0) is 63.1 Å². The van der Waals surface area contributed by atoms with Crippen molar-refractivity contribution < 1.29 is 14.1 Å². The molecule has 1 aromatic carbocycles. The first-order chi connectivity index (χ1) is 17.0. The van der Waals surface area contributed by atoms with Gasteiger partial charge < -0.3 is 9.73 Å². The highest BCUT2D eigenvalue weighted by Gasteiger charge is 2.27. The van der Waals surface area contributed by atoms with Crippen molar-refractivity contribution in [3.63, 3.8) is 0 Å². The molecule has 0 radical (unpaired) electrons. The van der Waals surface area contributed by atoms with Gasteiger partial charge in [-0.3, -0.25) is 14.9 Å². The summed E-state index contributed by atoms with van der Waals surface area (Å²) < 4.78 is 5.92. The molecule has 1 saturated carbocycles. The molecular weight excluding hydrogens is 462 g/mol. The van der Waals surface area contributed by atoms with Gasteiger partial charge in [0, 0.05) is 28.1 Å². The van der Waals surface area contributed by atoms with Gasteiger partial charge in [-0.15, -0.1) is 11.3 Å². The minimum absolute atomic E-state index is 0.00412. The number of rotatable bonds is 6. The lowest BCUT2D eigenvalue weighted by molar-refractivity contribution is -0.385. The van der Waals surface area contributed by atoms with Gasteiger partial charge in [-0.1, -0.05) is 31.4 Å². The molecule has 0 unspecified atom stereocenters. The average molecular weight is 492 g/mol. The number of aryl methyl sites for hydroxylation is 2. The van der Waals surface area contributed by atoms with Crippen LogP contribution < -0.4 is 5.32 Å². The van der Waals surface area contributed by atoms with Gasteiger partial charge in [-0.25, -0.2) is 4.99 Å². The monoisotopic (exact) mass is 491 g/mol. The van der Waals surface area contributed by atoms with Crippen molar-refractivity contribution in [2.24, 2.45) is 4.99 Å². The van der Waals surface area contributed by atoms with Crippen molar-refractivity contribution in [2.75, 3.05) is 0 Å². The molecule has 2 aromatic heterocycles. The first kappa shape index (κ1) is 23.5. The first-order valence-corrected chi connectivity index (χ1v) is 13.2. The van der Waals surface area contributed by atoms with Crippen LogP contribution >= 0.6 is 11.3 Å². The van der Waals surface area contributed by atoms with E-state index in [-0.39, 0.29) is 22.6 Å². The lowest BCUT2D eigenvalue weighted by atomic mass is 9.93. The molecule has 3 aromatic rings. The van der Waals surface area contributed by atoms with Crippen molar-refractivity contribution in [1.82, 2.24) is 5.32 Å². The highest BCUT2D eigenvalue weighted by atomic mass is 32.1. The van der Waals surface area contributed by atoms with Crippen LogP contribution in [-0.4, -0.2) is 23.1 Å². The van der Waals surface area contributed by atoms with E-state index in [0.29, 0.717) is 22.6 Å². The van der Waals surface area contributed by atoms with Crippen molar-refractivity contribution >= 4 is 34.1 Å². The second-order valence-corrected chi connectivity index (χ2v) is 10.5. The molecule has 0 atom stereocenters. The molecule has 2 aliphatic rings. The van der Waals surface area contributed by atoms with Crippen LogP contribution in [0.25, 0.3) is 11.3 Å². The second kappa shape index (κ2) is 10.2. The summed E-state index contributed by atoms with van der Waals surface area (Å²) in [4.78, 5) is 30.2. The standard InChI is InChI=1S/C27H29N3O4S/c1-17-11-12-18(15-22(17)30(32)33)23-14-13-20(34-23)16-28-27-25(21-9-5-6-10-24(21)35-27)26(31)29-19-7-3-2-4-8-19/h11-16,19H,2-10H2,1H3,(H,29,31)/b28-16+. The third kappa shape index (κ3) is 5.07. The van der Waals surface area contributed by atoms with Gasteiger partial charge >= 0.3 is 0 Å². The van der Waals surface area contributed by atoms with E-state index in [9.17, 15) is 14.9 Å². The molecule has 2 aliphatic carbocycles. The Balaban J connectivity index is 1.40. The van der Waals surface area contributed by atoms with E-state index in [4.69, 9.17) is 9.41 Å². The lowest BCUT2D eigenvalue weighted by Gasteiger charge is -2.23. The van der Waals surface area contributed by atoms with Crippen LogP contribution in [0.4, 0.5) is 10.7 Å². The van der Waals surface area contributed by atoms with E-state index in [1.54, 1.807) is 42.7 Å². The van der Waals surface area contributed by atoms with E-state index in [1.807, 2.05) is 6.07 Å². The molecular formula is C27H29N3O4S. The number of benzene rings is 1. The minimum atomic E-state index is -0.386. The Bertz CT molecular complexity index is 1280. The number of nitro groups is 1.